The Morgan fingerprint density at radius 2 is 1.54 bits per heavy atom. The minimum atomic E-state index is -1.04. The molecule has 0 aromatic heterocycles. The van der Waals surface area contributed by atoms with Crippen molar-refractivity contribution in [3.05, 3.63) is 11.6 Å². The van der Waals surface area contributed by atoms with Gasteiger partial charge in [0, 0.05) is 6.42 Å². The highest BCUT2D eigenvalue weighted by Gasteiger charge is 2.24. The van der Waals surface area contributed by atoms with Crippen LogP contribution in [0.15, 0.2) is 11.6 Å². The zero-order valence-electron chi connectivity index (χ0n) is 15.6. The van der Waals surface area contributed by atoms with Crippen LogP contribution >= 0.6 is 0 Å². The molecular formula is C19H38O5. The van der Waals surface area contributed by atoms with Crippen LogP contribution in [0.1, 0.15) is 72.1 Å². The number of aliphatic hydroxyl groups excluding tert-OH is 5. The Bertz CT molecular complexity index is 332. The van der Waals surface area contributed by atoms with E-state index >= 15 is 0 Å². The molecule has 0 aliphatic heterocycles. The first-order valence-electron chi connectivity index (χ1n) is 9.32. The molecule has 0 fully saturated rings. The van der Waals surface area contributed by atoms with Crippen LogP contribution in [-0.2, 0) is 0 Å². The second kappa shape index (κ2) is 13.8. The van der Waals surface area contributed by atoms with Crippen molar-refractivity contribution in [3.63, 3.8) is 0 Å². The molecule has 144 valence electrons. The first-order valence-corrected chi connectivity index (χ1v) is 9.32. The summed E-state index contributed by atoms with van der Waals surface area (Å²) in [4.78, 5) is 0. The maximum Gasteiger partial charge on any atom is 0.0983 e. The Labute approximate surface area is 147 Å². The van der Waals surface area contributed by atoms with E-state index in [0.29, 0.717) is 0 Å². The van der Waals surface area contributed by atoms with Crippen LogP contribution in [0.25, 0.3) is 0 Å². The van der Waals surface area contributed by atoms with Crippen LogP contribution in [0.3, 0.4) is 0 Å². The van der Waals surface area contributed by atoms with Gasteiger partial charge in [0.1, 0.15) is 0 Å². The minimum absolute atomic E-state index is 0.0424. The number of unbranched alkanes of at least 4 members (excludes halogenated alkanes) is 4. The fourth-order valence-electron chi connectivity index (χ4n) is 2.77. The summed E-state index contributed by atoms with van der Waals surface area (Å²) >= 11 is 0. The Morgan fingerprint density at radius 1 is 0.917 bits per heavy atom. The van der Waals surface area contributed by atoms with Gasteiger partial charge < -0.3 is 25.5 Å². The summed E-state index contributed by atoms with van der Waals surface area (Å²) < 4.78 is 0. The highest BCUT2D eigenvalue weighted by Crippen LogP contribution is 2.18. The molecule has 0 rings (SSSR count). The van der Waals surface area contributed by atoms with Crippen molar-refractivity contribution in [1.29, 1.82) is 0 Å². The molecule has 5 atom stereocenters. The largest absolute Gasteiger partial charge is 0.394 e. The number of allylic oxidation sites excluding steroid dienone is 1. The Hall–Kier alpha value is -0.460. The summed E-state index contributed by atoms with van der Waals surface area (Å²) in [7, 11) is 0. The molecule has 0 heterocycles. The predicted octanol–water partition coefficient (Wildman–Crippen LogP) is 2.15. The van der Waals surface area contributed by atoms with Crippen molar-refractivity contribution in [2.24, 2.45) is 5.92 Å². The van der Waals surface area contributed by atoms with Gasteiger partial charge in [-0.25, -0.2) is 0 Å². The topological polar surface area (TPSA) is 101 Å². The van der Waals surface area contributed by atoms with Crippen molar-refractivity contribution in [1.82, 2.24) is 0 Å². The smallest absolute Gasteiger partial charge is 0.0983 e. The molecule has 0 spiro atoms. The summed E-state index contributed by atoms with van der Waals surface area (Å²) in [6, 6.07) is 0. The highest BCUT2D eigenvalue weighted by atomic mass is 16.3. The van der Waals surface area contributed by atoms with Crippen LogP contribution in [0.5, 0.6) is 0 Å². The van der Waals surface area contributed by atoms with Gasteiger partial charge in [0.15, 0.2) is 0 Å². The molecule has 0 bridgehead atoms. The summed E-state index contributed by atoms with van der Waals surface area (Å²) in [5, 5.41) is 48.4. The lowest BCUT2D eigenvalue weighted by Gasteiger charge is -2.24. The average Bonchev–Trinajstić information content (AvgIpc) is 2.54. The van der Waals surface area contributed by atoms with Crippen LogP contribution in [0, 0.1) is 5.92 Å². The molecular weight excluding hydrogens is 308 g/mol. The maximum absolute atomic E-state index is 10.1. The zero-order chi connectivity index (χ0) is 18.5. The third kappa shape index (κ3) is 11.2. The standard InChI is InChI=1S/C19H38O5/c1-4-5-6-7-8-9-14(2)10-18(23)19(24)12-17(22)15(3)11-16(21)13-20/h10,15-24H,4-9,11-13H2,1-3H3/b14-10-. The molecule has 5 heteroatoms. The molecule has 24 heavy (non-hydrogen) atoms. The van der Waals surface area contributed by atoms with Gasteiger partial charge in [-0.15, -0.1) is 0 Å². The molecule has 0 radical (unpaired) electrons. The van der Waals surface area contributed by atoms with Gasteiger partial charge in [-0.1, -0.05) is 51.2 Å². The first kappa shape index (κ1) is 23.5. The first-order chi connectivity index (χ1) is 11.3. The maximum atomic E-state index is 10.1. The molecule has 0 aromatic rings. The highest BCUT2D eigenvalue weighted by molar-refractivity contribution is 5.03. The lowest BCUT2D eigenvalue weighted by molar-refractivity contribution is -0.0164. The van der Waals surface area contributed by atoms with E-state index in [1.807, 2.05) is 6.92 Å². The van der Waals surface area contributed by atoms with Crippen LogP contribution in [-0.4, -0.2) is 56.6 Å². The molecule has 0 aliphatic carbocycles. The van der Waals surface area contributed by atoms with Crippen molar-refractivity contribution < 1.29 is 25.5 Å². The minimum Gasteiger partial charge on any atom is -0.394 e. The van der Waals surface area contributed by atoms with Crippen LogP contribution in [0.2, 0.25) is 0 Å². The Kier molecular flexibility index (Phi) is 13.5. The van der Waals surface area contributed by atoms with Crippen molar-refractivity contribution in [2.75, 3.05) is 6.61 Å². The van der Waals surface area contributed by atoms with Gasteiger partial charge in [0.05, 0.1) is 31.0 Å². The lowest BCUT2D eigenvalue weighted by atomic mass is 9.92. The third-order valence-electron chi connectivity index (χ3n) is 4.52. The van der Waals surface area contributed by atoms with E-state index in [1.165, 1.54) is 25.7 Å². The molecule has 0 aliphatic rings. The fourth-order valence-corrected chi connectivity index (χ4v) is 2.77. The van der Waals surface area contributed by atoms with Gasteiger partial charge in [-0.3, -0.25) is 0 Å². The molecule has 0 saturated heterocycles. The molecule has 5 N–H and O–H groups in total. The quantitative estimate of drug-likeness (QED) is 0.245. The SMILES string of the molecule is CCCCCCC/C(C)=C\C(O)C(O)CC(O)C(C)CC(O)CO. The Morgan fingerprint density at radius 3 is 2.12 bits per heavy atom. The number of rotatable bonds is 14. The number of hydrogen-bond acceptors (Lipinski definition) is 5. The molecule has 5 nitrogen and oxygen atoms in total. The van der Waals surface area contributed by atoms with Gasteiger partial charge in [0.2, 0.25) is 0 Å². The van der Waals surface area contributed by atoms with Crippen molar-refractivity contribution in [3.8, 4) is 0 Å². The number of hydrogen-bond donors (Lipinski definition) is 5. The van der Waals surface area contributed by atoms with E-state index < -0.39 is 24.4 Å². The van der Waals surface area contributed by atoms with E-state index in [4.69, 9.17) is 5.11 Å². The molecule has 0 aromatic carbocycles. The van der Waals surface area contributed by atoms with E-state index in [0.717, 1.165) is 18.4 Å². The molecule has 5 unspecified atom stereocenters. The zero-order valence-corrected chi connectivity index (χ0v) is 15.6. The van der Waals surface area contributed by atoms with Gasteiger partial charge >= 0.3 is 0 Å². The van der Waals surface area contributed by atoms with E-state index in [-0.39, 0.29) is 25.4 Å². The summed E-state index contributed by atoms with van der Waals surface area (Å²) in [5.74, 6) is -0.266. The molecule has 0 saturated carbocycles. The van der Waals surface area contributed by atoms with E-state index in [9.17, 15) is 20.4 Å². The summed E-state index contributed by atoms with van der Waals surface area (Å²) in [5.41, 5.74) is 1.05. The van der Waals surface area contributed by atoms with Crippen molar-refractivity contribution >= 4 is 0 Å². The second-order valence-electron chi connectivity index (χ2n) is 7.09. The van der Waals surface area contributed by atoms with E-state index in [1.54, 1.807) is 13.0 Å². The van der Waals surface area contributed by atoms with Crippen molar-refractivity contribution in [2.45, 2.75) is 96.6 Å². The fraction of sp³-hybridized carbons (Fsp3) is 0.895. The lowest BCUT2D eigenvalue weighted by Crippen LogP contribution is -2.33. The predicted molar refractivity (Wildman–Crippen MR) is 96.6 cm³/mol. The molecule has 0 amide bonds. The van der Waals surface area contributed by atoms with Gasteiger partial charge in [-0.05, 0) is 32.1 Å². The van der Waals surface area contributed by atoms with Gasteiger partial charge in [0.25, 0.3) is 0 Å². The summed E-state index contributed by atoms with van der Waals surface area (Å²) in [6.45, 7) is 5.54. The monoisotopic (exact) mass is 346 g/mol. The van der Waals surface area contributed by atoms with E-state index in [2.05, 4.69) is 6.92 Å². The Balaban J connectivity index is 4.19. The second-order valence-corrected chi connectivity index (χ2v) is 7.09. The van der Waals surface area contributed by atoms with Gasteiger partial charge in [-0.2, -0.15) is 0 Å². The number of aliphatic hydroxyl groups is 5. The summed E-state index contributed by atoms with van der Waals surface area (Å²) in [6.07, 6.45) is 5.12. The van der Waals surface area contributed by atoms with Crippen LogP contribution < -0.4 is 0 Å². The normalized spacial score (nSPS) is 18.9. The average molecular weight is 347 g/mol. The third-order valence-corrected chi connectivity index (χ3v) is 4.52. The van der Waals surface area contributed by atoms with Crippen LogP contribution in [0.4, 0.5) is 0 Å².